The number of aromatic nitrogens is 1. The van der Waals surface area contributed by atoms with Crippen molar-refractivity contribution in [2.24, 2.45) is 0 Å². The number of pyridine rings is 1. The molecule has 0 bridgehead atoms. The Morgan fingerprint density at radius 1 is 1.08 bits per heavy atom. The van der Waals surface area contributed by atoms with E-state index in [4.69, 9.17) is 0 Å². The second kappa shape index (κ2) is 8.76. The van der Waals surface area contributed by atoms with E-state index in [0.29, 0.717) is 6.54 Å². The van der Waals surface area contributed by atoms with E-state index in [9.17, 15) is 9.18 Å². The number of carbonyl (C=O) groups excluding carboxylic acids is 1. The van der Waals surface area contributed by atoms with Crippen LogP contribution < -0.4 is 10.2 Å². The van der Waals surface area contributed by atoms with E-state index in [0.717, 1.165) is 49.7 Å². The Morgan fingerprint density at radius 3 is 2.38 bits per heavy atom. The van der Waals surface area contributed by atoms with Crippen molar-refractivity contribution in [1.29, 1.82) is 0 Å². The monoisotopic (exact) mass is 356 g/mol. The molecule has 0 radical (unpaired) electrons. The molecule has 138 valence electrons. The van der Waals surface area contributed by atoms with Crippen LogP contribution in [0, 0.1) is 5.82 Å². The van der Waals surface area contributed by atoms with Crippen LogP contribution in [0.2, 0.25) is 0 Å². The Hall–Kier alpha value is -2.47. The lowest BCUT2D eigenvalue weighted by Gasteiger charge is -2.34. The van der Waals surface area contributed by atoms with Gasteiger partial charge in [-0.1, -0.05) is 25.1 Å². The number of amides is 1. The summed E-state index contributed by atoms with van der Waals surface area (Å²) in [7, 11) is 0. The Labute approximate surface area is 153 Å². The van der Waals surface area contributed by atoms with Gasteiger partial charge in [0.2, 0.25) is 5.91 Å². The lowest BCUT2D eigenvalue weighted by atomic mass is 10.1. The summed E-state index contributed by atoms with van der Waals surface area (Å²) in [6.45, 7) is 7.85. The first-order valence-electron chi connectivity index (χ1n) is 9.07. The van der Waals surface area contributed by atoms with E-state index in [1.165, 1.54) is 12.1 Å². The third-order valence-corrected chi connectivity index (χ3v) is 4.72. The molecule has 1 saturated heterocycles. The van der Waals surface area contributed by atoms with Crippen molar-refractivity contribution in [2.45, 2.75) is 19.9 Å². The van der Waals surface area contributed by atoms with Gasteiger partial charge in [0.15, 0.2) is 0 Å². The Balaban J connectivity index is 1.47. The first-order valence-corrected chi connectivity index (χ1v) is 9.07. The van der Waals surface area contributed by atoms with Crippen LogP contribution in [0.15, 0.2) is 42.6 Å². The van der Waals surface area contributed by atoms with Gasteiger partial charge in [-0.3, -0.25) is 4.79 Å². The van der Waals surface area contributed by atoms with Gasteiger partial charge in [0.25, 0.3) is 0 Å². The zero-order valence-corrected chi connectivity index (χ0v) is 15.1. The summed E-state index contributed by atoms with van der Waals surface area (Å²) in [6, 6.07) is 10.0. The molecular formula is C20H25FN4O. The van der Waals surface area contributed by atoms with Crippen molar-refractivity contribution in [3.63, 3.8) is 0 Å². The van der Waals surface area contributed by atoms with Gasteiger partial charge in [-0.25, -0.2) is 9.37 Å². The highest BCUT2D eigenvalue weighted by Gasteiger charge is 2.16. The number of halogens is 1. The van der Waals surface area contributed by atoms with Gasteiger partial charge in [-0.2, -0.15) is 0 Å². The number of hydrogen-bond donors (Lipinski definition) is 1. The minimum Gasteiger partial charge on any atom is -0.354 e. The van der Waals surface area contributed by atoms with E-state index in [-0.39, 0.29) is 18.1 Å². The number of anilines is 1. The molecule has 1 N–H and O–H groups in total. The van der Waals surface area contributed by atoms with E-state index in [1.807, 2.05) is 18.3 Å². The third-order valence-electron chi connectivity index (χ3n) is 4.72. The van der Waals surface area contributed by atoms with Crippen LogP contribution in [0.25, 0.3) is 0 Å². The van der Waals surface area contributed by atoms with Gasteiger partial charge >= 0.3 is 0 Å². The molecule has 0 atom stereocenters. The maximum atomic E-state index is 12.9. The van der Waals surface area contributed by atoms with Crippen LogP contribution in [-0.2, 0) is 17.8 Å². The van der Waals surface area contributed by atoms with Crippen LogP contribution in [0.3, 0.4) is 0 Å². The number of piperazine rings is 1. The normalized spacial score (nSPS) is 15.1. The molecule has 1 amide bonds. The number of benzene rings is 1. The number of hydrogen-bond acceptors (Lipinski definition) is 4. The van der Waals surface area contributed by atoms with Crippen LogP contribution in [0.4, 0.5) is 10.2 Å². The first-order chi connectivity index (χ1) is 12.6. The largest absolute Gasteiger partial charge is 0.354 e. The van der Waals surface area contributed by atoms with Gasteiger partial charge in [0, 0.05) is 38.9 Å². The molecule has 1 aliphatic rings. The average Bonchev–Trinajstić information content (AvgIpc) is 2.69. The average molecular weight is 356 g/mol. The van der Waals surface area contributed by atoms with Crippen LogP contribution in [-0.4, -0.2) is 48.5 Å². The highest BCUT2D eigenvalue weighted by molar-refractivity contribution is 5.78. The molecule has 1 aromatic carbocycles. The molecule has 5 nitrogen and oxygen atoms in total. The second-order valence-corrected chi connectivity index (χ2v) is 6.53. The molecule has 2 heterocycles. The molecule has 1 fully saturated rings. The minimum atomic E-state index is -0.295. The lowest BCUT2D eigenvalue weighted by molar-refractivity contribution is -0.120. The summed E-state index contributed by atoms with van der Waals surface area (Å²) in [4.78, 5) is 21.3. The Bertz CT molecular complexity index is 710. The fraction of sp³-hybridized carbons (Fsp3) is 0.400. The van der Waals surface area contributed by atoms with Crippen molar-refractivity contribution >= 4 is 11.7 Å². The van der Waals surface area contributed by atoms with Crippen LogP contribution in [0.1, 0.15) is 18.1 Å². The lowest BCUT2D eigenvalue weighted by Crippen LogP contribution is -2.46. The summed E-state index contributed by atoms with van der Waals surface area (Å²) in [5, 5.41) is 2.88. The van der Waals surface area contributed by atoms with Crippen LogP contribution in [0.5, 0.6) is 0 Å². The van der Waals surface area contributed by atoms with Crippen molar-refractivity contribution in [3.05, 3.63) is 59.5 Å². The Morgan fingerprint density at radius 2 is 1.77 bits per heavy atom. The summed E-state index contributed by atoms with van der Waals surface area (Å²) in [6.07, 6.45) is 2.06. The molecule has 1 aromatic heterocycles. The van der Waals surface area contributed by atoms with Gasteiger partial charge in [0.1, 0.15) is 11.6 Å². The smallest absolute Gasteiger partial charge is 0.224 e. The predicted molar refractivity (Wildman–Crippen MR) is 101 cm³/mol. The summed E-state index contributed by atoms with van der Waals surface area (Å²) in [5.74, 6) is 0.606. The summed E-state index contributed by atoms with van der Waals surface area (Å²) in [5.41, 5.74) is 1.76. The molecule has 0 aliphatic carbocycles. The third kappa shape index (κ3) is 5.02. The predicted octanol–water partition coefficient (Wildman–Crippen LogP) is 2.22. The van der Waals surface area contributed by atoms with Crippen LogP contribution >= 0.6 is 0 Å². The maximum absolute atomic E-state index is 12.9. The number of likely N-dealkylation sites (N-methyl/N-ethyl adjacent to an activating group) is 1. The molecule has 2 aromatic rings. The molecule has 1 aliphatic heterocycles. The number of carbonyl (C=O) groups is 1. The summed E-state index contributed by atoms with van der Waals surface area (Å²) < 4.78 is 12.9. The zero-order chi connectivity index (χ0) is 18.4. The molecule has 0 saturated carbocycles. The topological polar surface area (TPSA) is 48.5 Å². The van der Waals surface area contributed by atoms with E-state index in [1.54, 1.807) is 12.1 Å². The molecule has 0 unspecified atom stereocenters. The molecule has 0 spiro atoms. The first kappa shape index (κ1) is 18.3. The van der Waals surface area contributed by atoms with E-state index < -0.39 is 0 Å². The highest BCUT2D eigenvalue weighted by atomic mass is 19.1. The fourth-order valence-corrected chi connectivity index (χ4v) is 3.05. The van der Waals surface area contributed by atoms with Crippen molar-refractivity contribution in [3.8, 4) is 0 Å². The number of nitrogens with zero attached hydrogens (tertiary/aromatic N) is 3. The quantitative estimate of drug-likeness (QED) is 0.862. The zero-order valence-electron chi connectivity index (χ0n) is 15.1. The Kier molecular flexibility index (Phi) is 6.17. The van der Waals surface area contributed by atoms with Gasteiger partial charge in [-0.05, 0) is 35.9 Å². The molecule has 3 rings (SSSR count). The maximum Gasteiger partial charge on any atom is 0.224 e. The standard InChI is InChI=1S/C20H25FN4O/c1-2-24-9-11-25(12-10-24)19-8-5-17(14-22-19)15-23-20(26)13-16-3-6-18(21)7-4-16/h3-8,14H,2,9-13,15H2,1H3,(H,23,26). The molecular weight excluding hydrogens is 331 g/mol. The molecule has 6 heteroatoms. The van der Waals surface area contributed by atoms with Gasteiger partial charge in [-0.15, -0.1) is 0 Å². The van der Waals surface area contributed by atoms with Crippen molar-refractivity contribution in [2.75, 3.05) is 37.6 Å². The fourth-order valence-electron chi connectivity index (χ4n) is 3.05. The second-order valence-electron chi connectivity index (χ2n) is 6.53. The minimum absolute atomic E-state index is 0.0867. The summed E-state index contributed by atoms with van der Waals surface area (Å²) >= 11 is 0. The van der Waals surface area contributed by atoms with E-state index in [2.05, 4.69) is 27.0 Å². The van der Waals surface area contributed by atoms with Gasteiger partial charge < -0.3 is 15.1 Å². The SMILES string of the molecule is CCN1CCN(c2ccc(CNC(=O)Cc3ccc(F)cc3)cn2)CC1. The van der Waals surface area contributed by atoms with E-state index >= 15 is 0 Å². The van der Waals surface area contributed by atoms with Gasteiger partial charge in [0.05, 0.1) is 6.42 Å². The highest BCUT2D eigenvalue weighted by Crippen LogP contribution is 2.14. The van der Waals surface area contributed by atoms with Crippen molar-refractivity contribution < 1.29 is 9.18 Å². The number of rotatable bonds is 6. The number of nitrogens with one attached hydrogen (secondary N) is 1. The molecule has 26 heavy (non-hydrogen) atoms. The van der Waals surface area contributed by atoms with Crippen molar-refractivity contribution in [1.82, 2.24) is 15.2 Å².